The third kappa shape index (κ3) is 2.37. The molecule has 1 saturated heterocycles. The van der Waals surface area contributed by atoms with Gasteiger partial charge in [0.05, 0.1) is 13.0 Å². The van der Waals surface area contributed by atoms with E-state index in [0.29, 0.717) is 6.42 Å². The van der Waals surface area contributed by atoms with E-state index in [0.717, 1.165) is 4.90 Å². The summed E-state index contributed by atoms with van der Waals surface area (Å²) in [6.45, 7) is 3.78. The molecule has 0 spiro atoms. The minimum atomic E-state index is -0.351. The number of carbonyl (C=O) groups excluding carboxylic acids is 3. The van der Waals surface area contributed by atoms with Crippen LogP contribution >= 0.6 is 0 Å². The van der Waals surface area contributed by atoms with Crippen LogP contribution < -0.4 is 0 Å². The number of carbonyl (C=O) groups is 3. The number of imide groups is 1. The van der Waals surface area contributed by atoms with E-state index in [4.69, 9.17) is 0 Å². The Morgan fingerprint density at radius 3 is 2.46 bits per heavy atom. The molecule has 0 radical (unpaired) electrons. The van der Waals surface area contributed by atoms with E-state index in [2.05, 4.69) is 0 Å². The fourth-order valence-corrected chi connectivity index (χ4v) is 1.27. The van der Waals surface area contributed by atoms with E-state index < -0.39 is 0 Å². The van der Waals surface area contributed by atoms with Crippen LogP contribution in [0, 0.1) is 5.92 Å². The van der Waals surface area contributed by atoms with Crippen molar-refractivity contribution in [1.82, 2.24) is 4.90 Å². The quantitative estimate of drug-likeness (QED) is 0.581. The molecule has 1 fully saturated rings. The Balaban J connectivity index is 2.57. The van der Waals surface area contributed by atoms with Crippen molar-refractivity contribution < 1.29 is 14.4 Å². The molecule has 0 unspecified atom stereocenters. The molecular weight excluding hydrogens is 170 g/mol. The van der Waals surface area contributed by atoms with Gasteiger partial charge in [0.25, 0.3) is 0 Å². The Bertz CT molecular complexity index is 258. The van der Waals surface area contributed by atoms with Gasteiger partial charge in [-0.1, -0.05) is 13.8 Å². The van der Waals surface area contributed by atoms with Crippen LogP contribution in [0.3, 0.4) is 0 Å². The van der Waals surface area contributed by atoms with Crippen molar-refractivity contribution in [1.29, 1.82) is 0 Å². The van der Waals surface area contributed by atoms with Gasteiger partial charge in [-0.3, -0.25) is 19.3 Å². The van der Waals surface area contributed by atoms with E-state index in [1.54, 1.807) is 0 Å². The Labute approximate surface area is 76.9 Å². The molecule has 4 nitrogen and oxygen atoms in total. The maximum Gasteiger partial charge on any atom is 0.237 e. The summed E-state index contributed by atoms with van der Waals surface area (Å²) in [7, 11) is 0. The minimum Gasteiger partial charge on any atom is -0.297 e. The van der Waals surface area contributed by atoms with Gasteiger partial charge in [-0.25, -0.2) is 0 Å². The van der Waals surface area contributed by atoms with Gasteiger partial charge in [-0.05, 0) is 5.92 Å². The second-order valence-corrected chi connectivity index (χ2v) is 3.69. The summed E-state index contributed by atoms with van der Waals surface area (Å²) >= 11 is 0. The second-order valence-electron chi connectivity index (χ2n) is 3.69. The van der Waals surface area contributed by atoms with Crippen LogP contribution in [0.1, 0.15) is 26.7 Å². The van der Waals surface area contributed by atoms with Gasteiger partial charge in [-0.15, -0.1) is 0 Å². The SMILES string of the molecule is CC(C)CC(=O)N1CC(=O)CC1=O. The molecular formula is C9H13NO3. The first-order chi connectivity index (χ1) is 6.00. The zero-order valence-corrected chi connectivity index (χ0v) is 7.87. The van der Waals surface area contributed by atoms with Gasteiger partial charge in [0.1, 0.15) is 0 Å². The number of ketones is 1. The van der Waals surface area contributed by atoms with E-state index in [9.17, 15) is 14.4 Å². The van der Waals surface area contributed by atoms with E-state index in [1.165, 1.54) is 0 Å². The molecule has 72 valence electrons. The zero-order chi connectivity index (χ0) is 10.0. The van der Waals surface area contributed by atoms with Gasteiger partial charge < -0.3 is 0 Å². The minimum absolute atomic E-state index is 0.0234. The molecule has 1 aliphatic heterocycles. The highest BCUT2D eigenvalue weighted by atomic mass is 16.2. The van der Waals surface area contributed by atoms with Crippen molar-refractivity contribution in [3.63, 3.8) is 0 Å². The normalized spacial score (nSPS) is 17.3. The predicted octanol–water partition coefficient (Wildman–Crippen LogP) is 0.360. The average molecular weight is 183 g/mol. The molecule has 2 amide bonds. The number of amides is 2. The van der Waals surface area contributed by atoms with Crippen molar-refractivity contribution in [3.8, 4) is 0 Å². The first-order valence-corrected chi connectivity index (χ1v) is 4.35. The molecule has 0 atom stereocenters. The maximum atomic E-state index is 11.4. The lowest BCUT2D eigenvalue weighted by Crippen LogP contribution is -2.33. The standard InChI is InChI=1S/C9H13NO3/c1-6(2)3-8(12)10-5-7(11)4-9(10)13/h6H,3-5H2,1-2H3. The second kappa shape index (κ2) is 3.68. The highest BCUT2D eigenvalue weighted by molar-refractivity contribution is 6.12. The molecule has 0 saturated carbocycles. The molecule has 13 heavy (non-hydrogen) atoms. The first kappa shape index (κ1) is 9.89. The van der Waals surface area contributed by atoms with E-state index in [-0.39, 0.29) is 36.5 Å². The number of likely N-dealkylation sites (tertiary alicyclic amines) is 1. The molecule has 0 N–H and O–H groups in total. The Hall–Kier alpha value is -1.19. The smallest absolute Gasteiger partial charge is 0.237 e. The first-order valence-electron chi connectivity index (χ1n) is 4.35. The Morgan fingerprint density at radius 2 is 2.08 bits per heavy atom. The van der Waals surface area contributed by atoms with Crippen molar-refractivity contribution in [2.24, 2.45) is 5.92 Å². The van der Waals surface area contributed by atoms with Crippen LogP contribution in [-0.2, 0) is 14.4 Å². The molecule has 1 heterocycles. The van der Waals surface area contributed by atoms with Crippen molar-refractivity contribution in [3.05, 3.63) is 0 Å². The van der Waals surface area contributed by atoms with Crippen LogP contribution in [0.2, 0.25) is 0 Å². The van der Waals surface area contributed by atoms with Gasteiger partial charge in [0, 0.05) is 6.42 Å². The van der Waals surface area contributed by atoms with Crippen LogP contribution in [0.5, 0.6) is 0 Å². The molecule has 0 aliphatic carbocycles. The summed E-state index contributed by atoms with van der Waals surface area (Å²) in [6, 6.07) is 0. The van der Waals surface area contributed by atoms with Gasteiger partial charge in [-0.2, -0.15) is 0 Å². The lowest BCUT2D eigenvalue weighted by atomic mass is 10.1. The summed E-state index contributed by atoms with van der Waals surface area (Å²) in [4.78, 5) is 34.4. The fraction of sp³-hybridized carbons (Fsp3) is 0.667. The molecule has 0 bridgehead atoms. The van der Waals surface area contributed by atoms with Crippen molar-refractivity contribution in [2.75, 3.05) is 6.54 Å². The lowest BCUT2D eigenvalue weighted by Gasteiger charge is -2.13. The number of hydrogen-bond donors (Lipinski definition) is 0. The Morgan fingerprint density at radius 1 is 1.46 bits per heavy atom. The monoisotopic (exact) mass is 183 g/mol. The summed E-state index contributed by atoms with van der Waals surface area (Å²) in [5, 5.41) is 0. The van der Waals surface area contributed by atoms with Crippen LogP contribution in [0.25, 0.3) is 0 Å². The topological polar surface area (TPSA) is 54.5 Å². The van der Waals surface area contributed by atoms with Crippen molar-refractivity contribution in [2.45, 2.75) is 26.7 Å². The van der Waals surface area contributed by atoms with Gasteiger partial charge in [0.2, 0.25) is 11.8 Å². The average Bonchev–Trinajstić information content (AvgIpc) is 2.28. The van der Waals surface area contributed by atoms with Crippen LogP contribution in [-0.4, -0.2) is 29.0 Å². The van der Waals surface area contributed by atoms with Gasteiger partial charge in [0.15, 0.2) is 5.78 Å². The Kier molecular flexibility index (Phi) is 2.80. The van der Waals surface area contributed by atoms with Crippen molar-refractivity contribution >= 4 is 17.6 Å². The molecule has 4 heteroatoms. The number of Topliss-reactive ketones (excluding diaryl/α,β-unsaturated/α-hetero) is 1. The third-order valence-electron chi connectivity index (χ3n) is 1.87. The fourth-order valence-electron chi connectivity index (χ4n) is 1.27. The number of hydrogen-bond acceptors (Lipinski definition) is 3. The third-order valence-corrected chi connectivity index (χ3v) is 1.87. The molecule has 1 aliphatic rings. The molecule has 1 rings (SSSR count). The summed E-state index contributed by atoms with van der Waals surface area (Å²) in [6.07, 6.45) is 0.225. The van der Waals surface area contributed by atoms with E-state index >= 15 is 0 Å². The lowest BCUT2D eigenvalue weighted by molar-refractivity contribution is -0.142. The van der Waals surface area contributed by atoms with Crippen LogP contribution in [0.4, 0.5) is 0 Å². The van der Waals surface area contributed by atoms with Gasteiger partial charge >= 0.3 is 0 Å². The largest absolute Gasteiger partial charge is 0.297 e. The molecule has 0 aromatic rings. The summed E-state index contributed by atoms with van der Waals surface area (Å²) in [5.74, 6) is -0.528. The van der Waals surface area contributed by atoms with Crippen LogP contribution in [0.15, 0.2) is 0 Å². The molecule has 0 aromatic heterocycles. The number of nitrogens with zero attached hydrogens (tertiary/aromatic N) is 1. The zero-order valence-electron chi connectivity index (χ0n) is 7.87. The summed E-state index contributed by atoms with van der Waals surface area (Å²) < 4.78 is 0. The summed E-state index contributed by atoms with van der Waals surface area (Å²) in [5.41, 5.74) is 0. The predicted molar refractivity (Wildman–Crippen MR) is 45.8 cm³/mol. The maximum absolute atomic E-state index is 11.4. The van der Waals surface area contributed by atoms with E-state index in [1.807, 2.05) is 13.8 Å². The molecule has 0 aromatic carbocycles. The highest BCUT2D eigenvalue weighted by Gasteiger charge is 2.31. The highest BCUT2D eigenvalue weighted by Crippen LogP contribution is 2.11. The number of rotatable bonds is 2.